The zero-order chi connectivity index (χ0) is 31.2. The highest BCUT2D eigenvalue weighted by atomic mass is 32.2. The average molecular weight is 641 g/mol. The van der Waals surface area contributed by atoms with Gasteiger partial charge in [0, 0.05) is 10.9 Å². The summed E-state index contributed by atoms with van der Waals surface area (Å²) in [6.07, 6.45) is -9.69. The highest BCUT2D eigenvalue weighted by Crippen LogP contribution is 2.36. The molecule has 5 rings (SSSR count). The first-order valence-corrected chi connectivity index (χ1v) is 15.0. The van der Waals surface area contributed by atoms with Crippen molar-refractivity contribution in [1.29, 1.82) is 0 Å². The summed E-state index contributed by atoms with van der Waals surface area (Å²) in [7, 11) is -9.47. The largest absolute Gasteiger partial charge is 0.456 e. The molecule has 7 nitrogen and oxygen atoms in total. The van der Waals surface area contributed by atoms with Gasteiger partial charge in [0.15, 0.2) is 0 Å². The number of halogens is 6. The number of benzene rings is 4. The van der Waals surface area contributed by atoms with Crippen molar-refractivity contribution in [2.75, 3.05) is 9.44 Å². The number of anilines is 2. The maximum absolute atomic E-state index is 13.3. The minimum absolute atomic E-state index is 0.244. The van der Waals surface area contributed by atoms with E-state index in [9.17, 15) is 43.2 Å². The van der Waals surface area contributed by atoms with Crippen LogP contribution in [-0.4, -0.2) is 16.8 Å². The Morgan fingerprint density at radius 3 is 1.63 bits per heavy atom. The fourth-order valence-electron chi connectivity index (χ4n) is 4.08. The number of para-hydroxylation sites is 1. The summed E-state index contributed by atoms with van der Waals surface area (Å²) in [6, 6.07) is 17.9. The molecule has 15 heteroatoms. The third-order valence-corrected chi connectivity index (χ3v) is 8.89. The molecular weight excluding hydrogens is 622 g/mol. The normalized spacial score (nSPS) is 12.8. The van der Waals surface area contributed by atoms with Crippen LogP contribution in [0.5, 0.6) is 0 Å². The fourth-order valence-corrected chi connectivity index (χ4v) is 6.32. The van der Waals surface area contributed by atoms with Crippen molar-refractivity contribution in [1.82, 2.24) is 0 Å². The highest BCUT2D eigenvalue weighted by molar-refractivity contribution is 7.93. The van der Waals surface area contributed by atoms with Gasteiger partial charge in [-0.15, -0.1) is 0 Å². The first-order chi connectivity index (χ1) is 20.0. The molecule has 0 radical (unpaired) electrons. The van der Waals surface area contributed by atoms with Gasteiger partial charge in [-0.2, -0.15) is 26.3 Å². The zero-order valence-electron chi connectivity index (χ0n) is 21.4. The lowest BCUT2D eigenvalue weighted by molar-refractivity contribution is -0.138. The summed E-state index contributed by atoms with van der Waals surface area (Å²) in [5.74, 6) is 0.244. The molecule has 1 heterocycles. The van der Waals surface area contributed by atoms with Crippen LogP contribution in [0.3, 0.4) is 0 Å². The molecule has 0 spiro atoms. The van der Waals surface area contributed by atoms with Crippen LogP contribution in [0, 0.1) is 0 Å². The van der Waals surface area contributed by atoms with Crippen molar-refractivity contribution >= 4 is 42.4 Å². The second kappa shape index (κ2) is 10.6. The lowest BCUT2D eigenvalue weighted by Crippen LogP contribution is -2.18. The van der Waals surface area contributed by atoms with Crippen LogP contribution in [-0.2, 0) is 32.4 Å². The SMILES string of the molecule is O=S(=O)(Nc1ccc(-c2cc3ccccc3o2)cc1NS(=O)(=O)c1cccc(C(F)(F)F)c1)c1cccc(C(F)(F)F)c1. The Balaban J connectivity index is 1.59. The van der Waals surface area contributed by atoms with Crippen LogP contribution in [0.15, 0.2) is 111 Å². The van der Waals surface area contributed by atoms with Gasteiger partial charge < -0.3 is 4.42 Å². The van der Waals surface area contributed by atoms with E-state index in [1.807, 2.05) is 0 Å². The molecular formula is C28H18F6N2O5S2. The van der Waals surface area contributed by atoms with Gasteiger partial charge in [0.1, 0.15) is 11.3 Å². The van der Waals surface area contributed by atoms with Crippen molar-refractivity contribution in [3.05, 3.63) is 108 Å². The number of alkyl halides is 6. The second-order valence-electron chi connectivity index (χ2n) is 9.17. The third kappa shape index (κ3) is 6.46. The van der Waals surface area contributed by atoms with Crippen LogP contribution >= 0.6 is 0 Å². The Morgan fingerprint density at radius 1 is 0.558 bits per heavy atom. The molecule has 0 unspecified atom stereocenters. The number of rotatable bonds is 7. The van der Waals surface area contributed by atoms with E-state index >= 15 is 0 Å². The third-order valence-electron chi connectivity index (χ3n) is 6.16. The summed E-state index contributed by atoms with van der Waals surface area (Å²) in [5, 5.41) is 0.693. The molecule has 0 fully saturated rings. The molecule has 2 N–H and O–H groups in total. The Labute approximate surface area is 240 Å². The summed E-state index contributed by atoms with van der Waals surface area (Å²) >= 11 is 0. The quantitative estimate of drug-likeness (QED) is 0.177. The molecule has 0 aliphatic carbocycles. The maximum atomic E-state index is 13.3. The smallest absolute Gasteiger partial charge is 0.416 e. The van der Waals surface area contributed by atoms with Gasteiger partial charge in [-0.3, -0.25) is 9.44 Å². The standard InChI is InChI=1S/C28H18F6N2O5S2/c29-27(30,31)19-6-3-8-21(15-19)42(37,38)35-23-12-11-18(26-14-17-5-1-2-10-25(17)41-26)13-24(23)36-43(39,40)22-9-4-7-20(16-22)28(32,33)34/h1-16,35-36H. The van der Waals surface area contributed by atoms with Gasteiger partial charge in [0.2, 0.25) is 0 Å². The maximum Gasteiger partial charge on any atom is 0.416 e. The van der Waals surface area contributed by atoms with Gasteiger partial charge in [-0.25, -0.2) is 16.8 Å². The Hall–Kier alpha value is -4.50. The van der Waals surface area contributed by atoms with E-state index in [-0.39, 0.29) is 11.3 Å². The number of hydrogen-bond donors (Lipinski definition) is 2. The Morgan fingerprint density at radius 2 is 1.09 bits per heavy atom. The first kappa shape index (κ1) is 30.0. The molecule has 43 heavy (non-hydrogen) atoms. The number of fused-ring (bicyclic) bond motifs is 1. The Bertz CT molecular complexity index is 2020. The van der Waals surface area contributed by atoms with E-state index in [2.05, 4.69) is 9.44 Å². The van der Waals surface area contributed by atoms with Crippen molar-refractivity contribution in [2.24, 2.45) is 0 Å². The molecule has 0 amide bonds. The molecule has 0 saturated heterocycles. The van der Waals surface area contributed by atoms with Crippen molar-refractivity contribution in [3.63, 3.8) is 0 Å². The van der Waals surface area contributed by atoms with Gasteiger partial charge in [-0.05, 0) is 66.7 Å². The topological polar surface area (TPSA) is 105 Å². The summed E-state index contributed by atoms with van der Waals surface area (Å²) < 4.78 is 142. The molecule has 4 aromatic carbocycles. The van der Waals surface area contributed by atoms with Crippen LogP contribution in [0.2, 0.25) is 0 Å². The van der Waals surface area contributed by atoms with E-state index in [1.165, 1.54) is 12.1 Å². The fraction of sp³-hybridized carbons (Fsp3) is 0.0714. The number of sulfonamides is 2. The van der Waals surface area contributed by atoms with Crippen LogP contribution in [0.25, 0.3) is 22.3 Å². The molecule has 0 saturated carbocycles. The number of hydrogen-bond acceptors (Lipinski definition) is 5. The molecule has 0 bridgehead atoms. The minimum atomic E-state index is -4.85. The first-order valence-electron chi connectivity index (χ1n) is 12.1. The molecule has 5 aromatic rings. The minimum Gasteiger partial charge on any atom is -0.456 e. The lowest BCUT2D eigenvalue weighted by atomic mass is 10.1. The van der Waals surface area contributed by atoms with Gasteiger partial charge >= 0.3 is 12.4 Å². The molecule has 0 atom stereocenters. The summed E-state index contributed by atoms with van der Waals surface area (Å²) in [4.78, 5) is -1.54. The predicted molar refractivity (Wildman–Crippen MR) is 146 cm³/mol. The van der Waals surface area contributed by atoms with Gasteiger partial charge in [0.25, 0.3) is 20.0 Å². The van der Waals surface area contributed by atoms with Gasteiger partial charge in [-0.1, -0.05) is 30.3 Å². The van der Waals surface area contributed by atoms with Crippen molar-refractivity contribution < 1.29 is 47.6 Å². The van der Waals surface area contributed by atoms with E-state index in [0.717, 1.165) is 30.3 Å². The van der Waals surface area contributed by atoms with Crippen molar-refractivity contribution in [3.8, 4) is 11.3 Å². The van der Waals surface area contributed by atoms with E-state index < -0.39 is 64.7 Å². The van der Waals surface area contributed by atoms with Crippen LogP contribution in [0.4, 0.5) is 37.7 Å². The molecule has 0 aliphatic rings. The zero-order valence-corrected chi connectivity index (χ0v) is 23.0. The molecule has 224 valence electrons. The monoisotopic (exact) mass is 640 g/mol. The molecule has 0 aliphatic heterocycles. The van der Waals surface area contributed by atoms with Crippen LogP contribution < -0.4 is 9.44 Å². The highest BCUT2D eigenvalue weighted by Gasteiger charge is 2.33. The van der Waals surface area contributed by atoms with E-state index in [0.29, 0.717) is 35.2 Å². The lowest BCUT2D eigenvalue weighted by Gasteiger charge is -2.17. The summed E-state index contributed by atoms with van der Waals surface area (Å²) in [6.45, 7) is 0. The number of furan rings is 1. The summed E-state index contributed by atoms with van der Waals surface area (Å²) in [5.41, 5.74) is -2.60. The second-order valence-corrected chi connectivity index (χ2v) is 12.5. The van der Waals surface area contributed by atoms with E-state index in [4.69, 9.17) is 4.42 Å². The number of nitrogens with one attached hydrogen (secondary N) is 2. The molecule has 1 aromatic heterocycles. The predicted octanol–water partition coefficient (Wildman–Crippen LogP) is 7.74. The average Bonchev–Trinajstić information content (AvgIpc) is 3.37. The van der Waals surface area contributed by atoms with Crippen LogP contribution in [0.1, 0.15) is 11.1 Å². The van der Waals surface area contributed by atoms with Crippen molar-refractivity contribution in [2.45, 2.75) is 22.1 Å². The van der Waals surface area contributed by atoms with E-state index in [1.54, 1.807) is 30.3 Å². The Kier molecular flexibility index (Phi) is 7.42. The van der Waals surface area contributed by atoms with Gasteiger partial charge in [0.05, 0.1) is 32.3 Å².